The Morgan fingerprint density at radius 3 is 2.94 bits per heavy atom. The number of hydrogen-bond acceptors (Lipinski definition) is 2. The van der Waals surface area contributed by atoms with E-state index in [1.807, 2.05) is 12.1 Å². The van der Waals surface area contributed by atoms with Crippen LogP contribution in [0.4, 0.5) is 10.5 Å². The van der Waals surface area contributed by atoms with Gasteiger partial charge < -0.3 is 16.0 Å². The van der Waals surface area contributed by atoms with Crippen LogP contribution in [0.1, 0.15) is 19.8 Å². The number of carbonyl (C=O) groups is 1. The molecule has 4 nitrogen and oxygen atoms in total. The van der Waals surface area contributed by atoms with E-state index >= 15 is 0 Å². The number of rotatable bonds is 2. The number of halogens is 1. The Balaban J connectivity index is 1.87. The maximum Gasteiger partial charge on any atom is 0.319 e. The fourth-order valence-electron chi connectivity index (χ4n) is 2.17. The highest BCUT2D eigenvalue weighted by Gasteiger charge is 2.19. The lowest BCUT2D eigenvalue weighted by Gasteiger charge is -2.28. The Hall–Kier alpha value is -1.26. The first-order chi connectivity index (χ1) is 8.65. The molecule has 0 radical (unpaired) electrons. The van der Waals surface area contributed by atoms with Crippen molar-refractivity contribution in [2.24, 2.45) is 0 Å². The van der Waals surface area contributed by atoms with Crippen LogP contribution in [0.2, 0.25) is 5.02 Å². The number of hydrogen-bond donors (Lipinski definition) is 3. The monoisotopic (exact) mass is 267 g/mol. The zero-order chi connectivity index (χ0) is 13.0. The van der Waals surface area contributed by atoms with Crippen molar-refractivity contribution in [3.63, 3.8) is 0 Å². The second-order valence-corrected chi connectivity index (χ2v) is 5.06. The summed E-state index contributed by atoms with van der Waals surface area (Å²) in [6, 6.07) is 7.69. The molecule has 5 heteroatoms. The zero-order valence-electron chi connectivity index (χ0n) is 10.4. The Bertz CT molecular complexity index is 424. The molecule has 98 valence electrons. The summed E-state index contributed by atoms with van der Waals surface area (Å²) >= 11 is 5.98. The topological polar surface area (TPSA) is 53.2 Å². The van der Waals surface area contributed by atoms with Crippen molar-refractivity contribution in [3.8, 4) is 0 Å². The largest absolute Gasteiger partial charge is 0.335 e. The first kappa shape index (κ1) is 13.2. The molecule has 1 aliphatic heterocycles. The van der Waals surface area contributed by atoms with Gasteiger partial charge in [0.1, 0.15) is 0 Å². The van der Waals surface area contributed by atoms with Gasteiger partial charge in [-0.15, -0.1) is 0 Å². The Kier molecular flexibility index (Phi) is 4.44. The van der Waals surface area contributed by atoms with Crippen molar-refractivity contribution >= 4 is 23.3 Å². The summed E-state index contributed by atoms with van der Waals surface area (Å²) in [5.41, 5.74) is 0.638. The third kappa shape index (κ3) is 3.62. The minimum absolute atomic E-state index is 0.192. The molecule has 1 saturated heterocycles. The van der Waals surface area contributed by atoms with Crippen LogP contribution in [-0.2, 0) is 0 Å². The highest BCUT2D eigenvalue weighted by molar-refractivity contribution is 6.33. The molecular weight excluding hydrogens is 250 g/mol. The van der Waals surface area contributed by atoms with Crippen LogP contribution in [0.15, 0.2) is 24.3 Å². The van der Waals surface area contributed by atoms with E-state index in [0.29, 0.717) is 16.8 Å². The van der Waals surface area contributed by atoms with Crippen LogP contribution in [0.3, 0.4) is 0 Å². The number of urea groups is 1. The summed E-state index contributed by atoms with van der Waals surface area (Å²) in [6.45, 7) is 3.07. The minimum atomic E-state index is -0.192. The number of nitrogens with one attached hydrogen (secondary N) is 3. The van der Waals surface area contributed by atoms with Crippen molar-refractivity contribution in [1.29, 1.82) is 0 Å². The van der Waals surface area contributed by atoms with Crippen LogP contribution in [0, 0.1) is 0 Å². The van der Waals surface area contributed by atoms with Gasteiger partial charge in [-0.25, -0.2) is 4.79 Å². The number of benzene rings is 1. The molecule has 2 atom stereocenters. The van der Waals surface area contributed by atoms with Crippen LogP contribution in [0.5, 0.6) is 0 Å². The van der Waals surface area contributed by atoms with Gasteiger partial charge in [0.15, 0.2) is 0 Å². The van der Waals surface area contributed by atoms with Crippen molar-refractivity contribution in [2.45, 2.75) is 31.8 Å². The number of amides is 2. The first-order valence-corrected chi connectivity index (χ1v) is 6.58. The molecule has 3 N–H and O–H groups in total. The summed E-state index contributed by atoms with van der Waals surface area (Å²) in [5.74, 6) is 0. The average Bonchev–Trinajstić information content (AvgIpc) is 2.32. The highest BCUT2D eigenvalue weighted by atomic mass is 35.5. The third-order valence-electron chi connectivity index (χ3n) is 3.08. The highest BCUT2D eigenvalue weighted by Crippen LogP contribution is 2.20. The fraction of sp³-hybridized carbons (Fsp3) is 0.462. The molecule has 1 aliphatic rings. The van der Waals surface area contributed by atoms with E-state index < -0.39 is 0 Å². The number of piperidine rings is 1. The van der Waals surface area contributed by atoms with Crippen LogP contribution in [0.25, 0.3) is 0 Å². The average molecular weight is 268 g/mol. The van der Waals surface area contributed by atoms with E-state index in [1.165, 1.54) is 0 Å². The molecule has 18 heavy (non-hydrogen) atoms. The van der Waals surface area contributed by atoms with Gasteiger partial charge in [-0.2, -0.15) is 0 Å². The predicted molar refractivity (Wildman–Crippen MR) is 74.1 cm³/mol. The molecule has 0 aliphatic carbocycles. The maximum atomic E-state index is 11.8. The molecule has 2 unspecified atom stereocenters. The van der Waals surface area contributed by atoms with Crippen molar-refractivity contribution in [2.75, 3.05) is 11.9 Å². The number of para-hydroxylation sites is 1. The Morgan fingerprint density at radius 2 is 2.22 bits per heavy atom. The van der Waals surface area contributed by atoms with Gasteiger partial charge in [-0.05, 0) is 38.4 Å². The lowest BCUT2D eigenvalue weighted by atomic mass is 10.0. The zero-order valence-corrected chi connectivity index (χ0v) is 11.1. The number of carbonyl (C=O) groups excluding carboxylic acids is 1. The van der Waals surface area contributed by atoms with Gasteiger partial charge in [0, 0.05) is 12.1 Å². The molecule has 2 amide bonds. The first-order valence-electron chi connectivity index (χ1n) is 6.20. The normalized spacial score (nSPS) is 23.4. The van der Waals surface area contributed by atoms with E-state index in [4.69, 9.17) is 11.6 Å². The van der Waals surface area contributed by atoms with Crippen molar-refractivity contribution in [1.82, 2.24) is 10.6 Å². The fourth-order valence-corrected chi connectivity index (χ4v) is 2.35. The number of anilines is 1. The summed E-state index contributed by atoms with van der Waals surface area (Å²) in [7, 11) is 0. The molecule has 0 bridgehead atoms. The van der Waals surface area contributed by atoms with Crippen molar-refractivity contribution in [3.05, 3.63) is 29.3 Å². The van der Waals surface area contributed by atoms with Crippen molar-refractivity contribution < 1.29 is 4.79 Å². The molecule has 1 aromatic carbocycles. The third-order valence-corrected chi connectivity index (χ3v) is 3.41. The molecule has 1 fully saturated rings. The quantitative estimate of drug-likeness (QED) is 0.772. The molecule has 2 rings (SSSR count). The van der Waals surface area contributed by atoms with Crippen LogP contribution >= 0.6 is 11.6 Å². The smallest absolute Gasteiger partial charge is 0.319 e. The maximum absolute atomic E-state index is 11.8. The second-order valence-electron chi connectivity index (χ2n) is 4.65. The van der Waals surface area contributed by atoms with E-state index in [0.717, 1.165) is 19.4 Å². The summed E-state index contributed by atoms with van der Waals surface area (Å²) < 4.78 is 0. The lowest BCUT2D eigenvalue weighted by Crippen LogP contribution is -2.47. The lowest BCUT2D eigenvalue weighted by molar-refractivity contribution is 0.242. The second kappa shape index (κ2) is 6.07. The van der Waals surface area contributed by atoms with E-state index in [1.54, 1.807) is 12.1 Å². The molecule has 0 aromatic heterocycles. The summed E-state index contributed by atoms with van der Waals surface area (Å²) in [5, 5.41) is 9.64. The minimum Gasteiger partial charge on any atom is -0.335 e. The van der Waals surface area contributed by atoms with Gasteiger partial charge in [-0.1, -0.05) is 23.7 Å². The van der Waals surface area contributed by atoms with E-state index in [2.05, 4.69) is 22.9 Å². The Morgan fingerprint density at radius 1 is 1.44 bits per heavy atom. The molecule has 0 saturated carbocycles. The summed E-state index contributed by atoms with van der Waals surface area (Å²) in [4.78, 5) is 11.8. The van der Waals surface area contributed by atoms with Gasteiger partial charge in [-0.3, -0.25) is 0 Å². The van der Waals surface area contributed by atoms with E-state index in [9.17, 15) is 4.79 Å². The van der Waals surface area contributed by atoms with E-state index in [-0.39, 0.29) is 12.1 Å². The standard InChI is InChI=1S/C13H18ClN3O/c1-9-8-10(6-7-15-9)16-13(18)17-12-5-3-2-4-11(12)14/h2-5,9-10,15H,6-8H2,1H3,(H2,16,17,18). The van der Waals surface area contributed by atoms with Crippen LogP contribution in [-0.4, -0.2) is 24.7 Å². The molecule has 0 spiro atoms. The van der Waals surface area contributed by atoms with Gasteiger partial charge >= 0.3 is 6.03 Å². The Labute approximate surface area is 112 Å². The predicted octanol–water partition coefficient (Wildman–Crippen LogP) is 2.60. The molecule has 1 aromatic rings. The van der Waals surface area contributed by atoms with Gasteiger partial charge in [0.05, 0.1) is 10.7 Å². The van der Waals surface area contributed by atoms with Gasteiger partial charge in [0.2, 0.25) is 0 Å². The molecular formula is C13H18ClN3O. The SMILES string of the molecule is CC1CC(NC(=O)Nc2ccccc2Cl)CCN1. The molecule has 1 heterocycles. The van der Waals surface area contributed by atoms with Crippen LogP contribution < -0.4 is 16.0 Å². The van der Waals surface area contributed by atoms with Gasteiger partial charge in [0.25, 0.3) is 0 Å². The summed E-state index contributed by atoms with van der Waals surface area (Å²) in [6.07, 6.45) is 1.91.